The van der Waals surface area contributed by atoms with Gasteiger partial charge in [-0.25, -0.2) is 4.99 Å². The van der Waals surface area contributed by atoms with Crippen LogP contribution in [-0.2, 0) is 18.3 Å². The van der Waals surface area contributed by atoms with Crippen molar-refractivity contribution < 1.29 is 14.2 Å². The van der Waals surface area contributed by atoms with Crippen molar-refractivity contribution in [1.29, 1.82) is 0 Å². The molecule has 2 heterocycles. The minimum Gasteiger partial charge on any atom is -0.490 e. The molecule has 2 aromatic rings. The Balaban J connectivity index is 0.00000306. The Bertz CT molecular complexity index is 883. The Morgan fingerprint density at radius 1 is 1.15 bits per heavy atom. The molecule has 1 fully saturated rings. The number of aliphatic imine (C=N–C) groups is 1. The van der Waals surface area contributed by atoms with Gasteiger partial charge in [0.15, 0.2) is 17.5 Å². The second-order valence-electron chi connectivity index (χ2n) is 8.44. The number of hydrogen-bond donors (Lipinski definition) is 2. The molecule has 0 spiro atoms. The highest BCUT2D eigenvalue weighted by Gasteiger charge is 2.14. The average molecular weight is 569 g/mol. The number of ether oxygens (including phenoxy) is 3. The van der Waals surface area contributed by atoms with Crippen LogP contribution in [0.2, 0.25) is 0 Å². The van der Waals surface area contributed by atoms with Gasteiger partial charge in [-0.15, -0.1) is 24.0 Å². The van der Waals surface area contributed by atoms with Gasteiger partial charge in [0.1, 0.15) is 0 Å². The molecule has 0 saturated heterocycles. The molecule has 2 N–H and O–H groups in total. The standard InChI is InChI=1S/C24H35N5O3.HI/c1-29-18-19(17-27-29)16-26-24(25-11-5-12-30-21-7-3-2-4-8-21)28-20-9-10-22-23(15-20)32-14-6-13-31-22;/h9-10,15,17-18,21H,2-8,11-14,16H2,1H3,(H2,25,26,28);1H. The fraction of sp³-hybridized carbons (Fsp3) is 0.583. The molecule has 1 aromatic heterocycles. The first-order valence-electron chi connectivity index (χ1n) is 11.8. The maximum Gasteiger partial charge on any atom is 0.196 e. The summed E-state index contributed by atoms with van der Waals surface area (Å²) in [5, 5.41) is 11.1. The lowest BCUT2D eigenvalue weighted by Crippen LogP contribution is -2.32. The van der Waals surface area contributed by atoms with Crippen molar-refractivity contribution >= 4 is 35.6 Å². The largest absolute Gasteiger partial charge is 0.490 e. The van der Waals surface area contributed by atoms with E-state index in [1.54, 1.807) is 4.68 Å². The van der Waals surface area contributed by atoms with Crippen LogP contribution in [0.1, 0.15) is 50.5 Å². The number of fused-ring (bicyclic) bond motifs is 1. The molecule has 4 rings (SSSR count). The molecule has 2 aliphatic rings. The highest BCUT2D eigenvalue weighted by molar-refractivity contribution is 14.0. The second-order valence-corrected chi connectivity index (χ2v) is 8.44. The minimum absolute atomic E-state index is 0. The van der Waals surface area contributed by atoms with E-state index in [0.29, 0.717) is 25.9 Å². The highest BCUT2D eigenvalue weighted by Crippen LogP contribution is 2.32. The van der Waals surface area contributed by atoms with Crippen LogP contribution in [0.3, 0.4) is 0 Å². The maximum absolute atomic E-state index is 6.05. The average Bonchev–Trinajstić information content (AvgIpc) is 3.09. The number of hydrogen-bond acceptors (Lipinski definition) is 5. The Hall–Kier alpha value is -2.01. The van der Waals surface area contributed by atoms with Crippen LogP contribution >= 0.6 is 24.0 Å². The van der Waals surface area contributed by atoms with Crippen molar-refractivity contribution in [3.63, 3.8) is 0 Å². The fourth-order valence-corrected chi connectivity index (χ4v) is 4.00. The molecular weight excluding hydrogens is 533 g/mol. The van der Waals surface area contributed by atoms with E-state index in [2.05, 4.69) is 15.7 Å². The summed E-state index contributed by atoms with van der Waals surface area (Å²) in [5.74, 6) is 2.27. The zero-order valence-corrected chi connectivity index (χ0v) is 21.8. The molecular formula is C24H36IN5O3. The minimum atomic E-state index is 0. The molecule has 182 valence electrons. The molecule has 1 aliphatic heterocycles. The monoisotopic (exact) mass is 569 g/mol. The van der Waals surface area contributed by atoms with Crippen LogP contribution in [0.25, 0.3) is 0 Å². The summed E-state index contributed by atoms with van der Waals surface area (Å²) in [5.41, 5.74) is 1.97. The molecule has 8 nitrogen and oxygen atoms in total. The first-order chi connectivity index (χ1) is 15.8. The van der Waals surface area contributed by atoms with E-state index in [-0.39, 0.29) is 24.0 Å². The van der Waals surface area contributed by atoms with Crippen molar-refractivity contribution in [1.82, 2.24) is 15.1 Å². The van der Waals surface area contributed by atoms with Gasteiger partial charge >= 0.3 is 0 Å². The van der Waals surface area contributed by atoms with Gasteiger partial charge in [0.05, 0.1) is 32.1 Å². The van der Waals surface area contributed by atoms with Gasteiger partial charge in [0, 0.05) is 50.1 Å². The molecule has 1 saturated carbocycles. The number of nitrogens with one attached hydrogen (secondary N) is 2. The summed E-state index contributed by atoms with van der Waals surface area (Å²) in [6.07, 6.45) is 12.4. The summed E-state index contributed by atoms with van der Waals surface area (Å²) in [6, 6.07) is 5.90. The molecule has 0 radical (unpaired) electrons. The highest BCUT2D eigenvalue weighted by atomic mass is 127. The van der Waals surface area contributed by atoms with E-state index in [1.165, 1.54) is 32.1 Å². The van der Waals surface area contributed by atoms with Crippen LogP contribution in [0, 0.1) is 0 Å². The number of benzene rings is 1. The summed E-state index contributed by atoms with van der Waals surface area (Å²) in [7, 11) is 1.91. The van der Waals surface area contributed by atoms with Gasteiger partial charge in [-0.1, -0.05) is 19.3 Å². The zero-order chi connectivity index (χ0) is 22.0. The first-order valence-corrected chi connectivity index (χ1v) is 11.8. The van der Waals surface area contributed by atoms with Crippen LogP contribution in [0.15, 0.2) is 35.6 Å². The predicted octanol–water partition coefficient (Wildman–Crippen LogP) is 4.50. The number of halogens is 1. The predicted molar refractivity (Wildman–Crippen MR) is 141 cm³/mol. The lowest BCUT2D eigenvalue weighted by atomic mass is 9.98. The van der Waals surface area contributed by atoms with Gasteiger partial charge in [-0.05, 0) is 31.4 Å². The lowest BCUT2D eigenvalue weighted by Gasteiger charge is -2.22. The van der Waals surface area contributed by atoms with Gasteiger partial charge in [0.25, 0.3) is 0 Å². The Morgan fingerprint density at radius 3 is 2.76 bits per heavy atom. The molecule has 0 bridgehead atoms. The number of aromatic nitrogens is 2. The molecule has 0 amide bonds. The maximum atomic E-state index is 6.05. The van der Waals surface area contributed by atoms with E-state index < -0.39 is 0 Å². The summed E-state index contributed by atoms with van der Waals surface area (Å²) >= 11 is 0. The van der Waals surface area contributed by atoms with Crippen LogP contribution in [0.5, 0.6) is 11.5 Å². The second kappa shape index (κ2) is 13.6. The lowest BCUT2D eigenvalue weighted by molar-refractivity contribution is 0.0277. The quantitative estimate of drug-likeness (QED) is 0.211. The molecule has 1 aromatic carbocycles. The number of rotatable bonds is 8. The Labute approximate surface area is 213 Å². The third-order valence-corrected chi connectivity index (χ3v) is 5.71. The van der Waals surface area contributed by atoms with Crippen molar-refractivity contribution in [3.05, 3.63) is 36.2 Å². The number of aryl methyl sites for hydroxylation is 1. The van der Waals surface area contributed by atoms with Crippen molar-refractivity contribution in [2.45, 2.75) is 57.6 Å². The number of anilines is 1. The smallest absolute Gasteiger partial charge is 0.196 e. The number of guanidine groups is 1. The normalized spacial score (nSPS) is 16.6. The zero-order valence-electron chi connectivity index (χ0n) is 19.4. The van der Waals surface area contributed by atoms with Gasteiger partial charge in [-0.2, -0.15) is 5.10 Å². The summed E-state index contributed by atoms with van der Waals surface area (Å²) < 4.78 is 19.4. The van der Waals surface area contributed by atoms with E-state index >= 15 is 0 Å². The van der Waals surface area contributed by atoms with E-state index in [4.69, 9.17) is 19.2 Å². The summed E-state index contributed by atoms with van der Waals surface area (Å²) in [4.78, 5) is 4.75. The molecule has 9 heteroatoms. The Morgan fingerprint density at radius 2 is 1.97 bits per heavy atom. The van der Waals surface area contributed by atoms with Crippen molar-refractivity contribution in [2.75, 3.05) is 31.7 Å². The van der Waals surface area contributed by atoms with Gasteiger partial charge < -0.3 is 24.8 Å². The van der Waals surface area contributed by atoms with Crippen molar-refractivity contribution in [2.24, 2.45) is 12.0 Å². The van der Waals surface area contributed by atoms with Gasteiger partial charge in [0.2, 0.25) is 0 Å². The number of nitrogens with zero attached hydrogens (tertiary/aromatic N) is 3. The van der Waals surface area contributed by atoms with Crippen LogP contribution in [-0.4, -0.2) is 48.2 Å². The SMILES string of the molecule is Cn1cc(CN=C(NCCCOC2CCCCC2)Nc2ccc3c(c2)OCCCO3)cn1.I. The van der Waals surface area contributed by atoms with Crippen molar-refractivity contribution in [3.8, 4) is 11.5 Å². The third kappa shape index (κ3) is 8.37. The van der Waals surface area contributed by atoms with E-state index in [9.17, 15) is 0 Å². The van der Waals surface area contributed by atoms with Crippen LogP contribution in [0.4, 0.5) is 5.69 Å². The molecule has 0 unspecified atom stereocenters. The van der Waals surface area contributed by atoms with E-state index in [0.717, 1.165) is 54.7 Å². The fourth-order valence-electron chi connectivity index (χ4n) is 4.00. The van der Waals surface area contributed by atoms with E-state index in [1.807, 2.05) is 37.6 Å². The van der Waals surface area contributed by atoms with Gasteiger partial charge in [-0.3, -0.25) is 4.68 Å². The first kappa shape index (κ1) is 25.6. The third-order valence-electron chi connectivity index (χ3n) is 5.71. The topological polar surface area (TPSA) is 81.9 Å². The summed E-state index contributed by atoms with van der Waals surface area (Å²) in [6.45, 7) is 3.46. The molecule has 0 atom stereocenters. The molecule has 1 aliphatic carbocycles. The molecule has 33 heavy (non-hydrogen) atoms. The van der Waals surface area contributed by atoms with Crippen LogP contribution < -0.4 is 20.1 Å². The Kier molecular flexibility index (Phi) is 10.6.